The zero-order valence-electron chi connectivity index (χ0n) is 37.6. The molecule has 2 N–H and O–H groups in total. The minimum Gasteiger partial charge on any atom is -0.388 e. The van der Waals surface area contributed by atoms with Crippen molar-refractivity contribution < 1.29 is 47.8 Å². The fourth-order valence-corrected chi connectivity index (χ4v) is 9.65. The minimum atomic E-state index is -1.25. The van der Waals surface area contributed by atoms with Crippen LogP contribution in [0.5, 0.6) is 0 Å². The SMILES string of the molecule is CCC1OC(O[C@@H]2C(CC)O[C@@H](OCC[Si](C)(C)C)C(C)C2C)C(C)C(O[C@@H]2OC3COC(c4ccccc4)O[C@H]3C(O)C2NC(=O)c2ccc(C(C)(C)C)cc2)[C@H]1C. The second-order valence-corrected chi connectivity index (χ2v) is 25.4. The lowest BCUT2D eigenvalue weighted by Crippen LogP contribution is -2.68. The van der Waals surface area contributed by atoms with E-state index in [-0.39, 0.29) is 66.2 Å². The summed E-state index contributed by atoms with van der Waals surface area (Å²) in [7, 11) is -1.25. The normalized spacial score (nSPS) is 38.1. The van der Waals surface area contributed by atoms with Crippen molar-refractivity contribution in [3.05, 3.63) is 71.3 Å². The van der Waals surface area contributed by atoms with Gasteiger partial charge in [0.1, 0.15) is 24.4 Å². The number of ether oxygens (including phenoxy) is 8. The van der Waals surface area contributed by atoms with Crippen molar-refractivity contribution in [3.8, 4) is 0 Å². The van der Waals surface area contributed by atoms with Crippen LogP contribution in [0.2, 0.25) is 25.7 Å². The molecule has 0 aliphatic carbocycles. The highest BCUT2D eigenvalue weighted by Gasteiger charge is 2.54. The minimum absolute atomic E-state index is 0.0546. The van der Waals surface area contributed by atoms with Crippen LogP contribution in [0.4, 0.5) is 0 Å². The zero-order chi connectivity index (χ0) is 42.8. The van der Waals surface area contributed by atoms with Crippen LogP contribution in [-0.2, 0) is 43.3 Å². The maximum Gasteiger partial charge on any atom is 0.251 e. The predicted molar refractivity (Wildman–Crippen MR) is 229 cm³/mol. The maximum absolute atomic E-state index is 14.0. The molecule has 4 heterocycles. The van der Waals surface area contributed by atoms with E-state index in [2.05, 4.69) is 87.3 Å². The molecule has 11 unspecified atom stereocenters. The van der Waals surface area contributed by atoms with Crippen molar-refractivity contribution in [1.29, 1.82) is 0 Å². The van der Waals surface area contributed by atoms with Crippen molar-refractivity contribution in [2.24, 2.45) is 23.7 Å². The fraction of sp³-hybridized carbons (Fsp3) is 0.723. The molecule has 4 aliphatic rings. The average molecular weight is 840 g/mol. The number of rotatable bonds is 13. The van der Waals surface area contributed by atoms with Gasteiger partial charge in [0.2, 0.25) is 0 Å². The highest BCUT2D eigenvalue weighted by molar-refractivity contribution is 6.76. The fourth-order valence-electron chi connectivity index (χ4n) is 8.92. The van der Waals surface area contributed by atoms with Crippen LogP contribution in [-0.4, -0.2) is 99.9 Å². The Morgan fingerprint density at radius 1 is 0.780 bits per heavy atom. The topological polar surface area (TPSA) is 123 Å². The van der Waals surface area contributed by atoms with Crippen molar-refractivity contribution in [2.75, 3.05) is 13.2 Å². The third kappa shape index (κ3) is 10.9. The number of amides is 1. The Balaban J connectivity index is 1.22. The third-order valence-corrected chi connectivity index (χ3v) is 14.8. The molecule has 0 spiro atoms. The molecule has 59 heavy (non-hydrogen) atoms. The van der Waals surface area contributed by atoms with Crippen molar-refractivity contribution >= 4 is 14.0 Å². The Morgan fingerprint density at radius 3 is 2.05 bits per heavy atom. The third-order valence-electron chi connectivity index (χ3n) is 13.1. The summed E-state index contributed by atoms with van der Waals surface area (Å²) in [6, 6.07) is 17.3. The van der Waals surface area contributed by atoms with Gasteiger partial charge in [-0.2, -0.15) is 0 Å². The second-order valence-electron chi connectivity index (χ2n) is 19.8. The zero-order valence-corrected chi connectivity index (χ0v) is 38.6. The number of carbonyl (C=O) groups is 1. The Hall–Kier alpha value is -2.23. The lowest BCUT2D eigenvalue weighted by Gasteiger charge is -2.52. The van der Waals surface area contributed by atoms with Crippen molar-refractivity contribution in [2.45, 2.75) is 180 Å². The molecule has 0 aromatic heterocycles. The molecule has 1 amide bonds. The van der Waals surface area contributed by atoms with Gasteiger partial charge in [-0.25, -0.2) is 0 Å². The van der Waals surface area contributed by atoms with E-state index in [9.17, 15) is 9.90 Å². The van der Waals surface area contributed by atoms with E-state index >= 15 is 0 Å². The van der Waals surface area contributed by atoms with E-state index < -0.39 is 57.4 Å². The molecule has 330 valence electrons. The lowest BCUT2D eigenvalue weighted by molar-refractivity contribution is -0.369. The van der Waals surface area contributed by atoms with Gasteiger partial charge >= 0.3 is 0 Å². The van der Waals surface area contributed by atoms with Crippen molar-refractivity contribution in [3.63, 3.8) is 0 Å². The molecular formula is C47H73NO10Si. The van der Waals surface area contributed by atoms with Gasteiger partial charge in [-0.05, 0) is 47.9 Å². The van der Waals surface area contributed by atoms with E-state index in [4.69, 9.17) is 37.9 Å². The highest BCUT2D eigenvalue weighted by atomic mass is 28.3. The van der Waals surface area contributed by atoms with E-state index in [0.717, 1.165) is 30.0 Å². The number of nitrogens with one attached hydrogen (secondary N) is 1. The molecule has 0 bridgehead atoms. The van der Waals surface area contributed by atoms with E-state index in [1.54, 1.807) is 0 Å². The number of aliphatic hydroxyl groups is 1. The van der Waals surface area contributed by atoms with Gasteiger partial charge in [0, 0.05) is 43.6 Å². The largest absolute Gasteiger partial charge is 0.388 e. The second kappa shape index (κ2) is 19.4. The Bertz CT molecular complexity index is 1630. The molecule has 4 saturated heterocycles. The smallest absolute Gasteiger partial charge is 0.251 e. The first kappa shape index (κ1) is 46.3. The molecule has 4 aliphatic heterocycles. The number of hydrogen-bond acceptors (Lipinski definition) is 10. The van der Waals surface area contributed by atoms with E-state index in [1.807, 2.05) is 54.6 Å². The monoisotopic (exact) mass is 840 g/mol. The Kier molecular flexibility index (Phi) is 15.2. The van der Waals surface area contributed by atoms with Gasteiger partial charge in [0.25, 0.3) is 5.91 Å². The standard InChI is InChI=1S/C47H73NO10Si/c1-13-34-29(5)39(30(6)44(53-34)57-40-27(3)28(4)43(54-35(40)14-2)51-24-25-59(10,11)12)56-46-37(48-42(50)31-20-22-33(23-21-31)47(7,8)9)38(49)41-36(55-46)26-52-45(58-41)32-18-16-15-17-19-32/h15-23,27-30,34-41,43-46,49H,13-14,24-26H2,1-12H3,(H,48,50)/t27?,28?,29-,30?,34?,35?,36?,37?,38?,39?,40-,41+,43+,44?,45?,46-/m0/s1. The van der Waals surface area contributed by atoms with Crippen LogP contribution in [0.1, 0.15) is 103 Å². The van der Waals surface area contributed by atoms with Gasteiger partial charge in [0.15, 0.2) is 25.2 Å². The van der Waals surface area contributed by atoms with E-state index in [1.165, 1.54) is 0 Å². The molecule has 0 saturated carbocycles. The van der Waals surface area contributed by atoms with Crippen LogP contribution >= 0.6 is 0 Å². The summed E-state index contributed by atoms with van der Waals surface area (Å²) in [6.07, 6.45) is -4.61. The Morgan fingerprint density at radius 2 is 1.42 bits per heavy atom. The van der Waals surface area contributed by atoms with Crippen molar-refractivity contribution in [1.82, 2.24) is 5.32 Å². The van der Waals surface area contributed by atoms with E-state index in [0.29, 0.717) is 12.2 Å². The number of benzene rings is 2. The predicted octanol–water partition coefficient (Wildman–Crippen LogP) is 8.22. The number of carbonyl (C=O) groups excluding carboxylic acids is 1. The lowest BCUT2D eigenvalue weighted by atomic mass is 9.82. The number of hydrogen-bond donors (Lipinski definition) is 2. The first-order valence-corrected chi connectivity index (χ1v) is 25.9. The first-order valence-electron chi connectivity index (χ1n) is 22.2. The number of fused-ring (bicyclic) bond motifs is 1. The summed E-state index contributed by atoms with van der Waals surface area (Å²) in [6.45, 7) is 27.2. The van der Waals surface area contributed by atoms with Crippen LogP contribution in [0, 0.1) is 23.7 Å². The van der Waals surface area contributed by atoms with Gasteiger partial charge in [-0.3, -0.25) is 4.79 Å². The van der Waals surface area contributed by atoms with Gasteiger partial charge < -0.3 is 48.3 Å². The maximum atomic E-state index is 14.0. The molecule has 6 rings (SSSR count). The summed E-state index contributed by atoms with van der Waals surface area (Å²) < 4.78 is 53.0. The quantitative estimate of drug-likeness (QED) is 0.191. The average Bonchev–Trinajstić information content (AvgIpc) is 3.20. The van der Waals surface area contributed by atoms with Crippen LogP contribution in [0.15, 0.2) is 54.6 Å². The molecule has 11 nitrogen and oxygen atoms in total. The summed E-state index contributed by atoms with van der Waals surface area (Å²) in [5, 5.41) is 15.3. The van der Waals surface area contributed by atoms with Crippen LogP contribution < -0.4 is 5.32 Å². The van der Waals surface area contributed by atoms with Gasteiger partial charge in [-0.1, -0.05) is 124 Å². The van der Waals surface area contributed by atoms with Gasteiger partial charge in [0.05, 0.1) is 31.0 Å². The molecule has 0 radical (unpaired) electrons. The number of aliphatic hydroxyl groups excluding tert-OH is 1. The molecule has 16 atom stereocenters. The summed E-state index contributed by atoms with van der Waals surface area (Å²) in [4.78, 5) is 14.0. The Labute approximate surface area is 354 Å². The molecule has 12 heteroatoms. The summed E-state index contributed by atoms with van der Waals surface area (Å²) >= 11 is 0. The van der Waals surface area contributed by atoms with Crippen LogP contribution in [0.3, 0.4) is 0 Å². The molecule has 2 aromatic rings. The first-order chi connectivity index (χ1) is 27.9. The van der Waals surface area contributed by atoms with Gasteiger partial charge in [-0.15, -0.1) is 0 Å². The van der Waals surface area contributed by atoms with Crippen LogP contribution in [0.25, 0.3) is 0 Å². The molecular weight excluding hydrogens is 767 g/mol. The summed E-state index contributed by atoms with van der Waals surface area (Å²) in [5.41, 5.74) is 2.36. The summed E-state index contributed by atoms with van der Waals surface area (Å²) in [5.74, 6) is -0.360. The molecule has 4 fully saturated rings. The highest BCUT2D eigenvalue weighted by Crippen LogP contribution is 2.42. The molecule has 2 aromatic carbocycles.